The molecule has 0 saturated carbocycles. The quantitative estimate of drug-likeness (QED) is 0.624. The van der Waals surface area contributed by atoms with E-state index in [2.05, 4.69) is 31.0 Å². The number of hydrogen-bond acceptors (Lipinski definition) is 4. The Morgan fingerprint density at radius 3 is 2.75 bits per heavy atom. The van der Waals surface area contributed by atoms with Crippen molar-refractivity contribution in [1.29, 1.82) is 0 Å². The summed E-state index contributed by atoms with van der Waals surface area (Å²) in [4.78, 5) is 2.64. The van der Waals surface area contributed by atoms with Crippen molar-refractivity contribution in [3.8, 4) is 0 Å². The fraction of sp³-hybridized carbons (Fsp3) is 1.00. The van der Waals surface area contributed by atoms with Crippen molar-refractivity contribution in [2.24, 2.45) is 5.92 Å². The Labute approximate surface area is 125 Å². The zero-order chi connectivity index (χ0) is 14.8. The van der Waals surface area contributed by atoms with Gasteiger partial charge in [-0.25, -0.2) is 0 Å². The van der Waals surface area contributed by atoms with Gasteiger partial charge in [0.1, 0.15) is 0 Å². The summed E-state index contributed by atoms with van der Waals surface area (Å²) in [6.07, 6.45) is 3.63. The lowest BCUT2D eigenvalue weighted by molar-refractivity contribution is 0.0647. The van der Waals surface area contributed by atoms with Gasteiger partial charge in [0.25, 0.3) is 0 Å². The van der Waals surface area contributed by atoms with Crippen LogP contribution >= 0.6 is 0 Å². The number of piperazine rings is 1. The third kappa shape index (κ3) is 6.53. The molecule has 120 valence electrons. The molecule has 0 spiro atoms. The van der Waals surface area contributed by atoms with E-state index < -0.39 is 0 Å². The molecule has 3 unspecified atom stereocenters. The Kier molecular flexibility index (Phi) is 9.44. The molecule has 4 heteroatoms. The minimum atomic E-state index is 0.657. The smallest absolute Gasteiger partial charge is 0.0700 e. The SMILES string of the molecule is CCC(C)C1CN(CCCCOCCOC)C(C)CN1. The van der Waals surface area contributed by atoms with Crippen molar-refractivity contribution in [2.45, 2.75) is 52.1 Å². The summed E-state index contributed by atoms with van der Waals surface area (Å²) in [5, 5.41) is 3.69. The van der Waals surface area contributed by atoms with E-state index in [-0.39, 0.29) is 0 Å². The summed E-state index contributed by atoms with van der Waals surface area (Å²) in [6.45, 7) is 12.8. The Hall–Kier alpha value is -0.160. The molecule has 0 bridgehead atoms. The number of ether oxygens (including phenoxy) is 2. The number of nitrogens with one attached hydrogen (secondary N) is 1. The molecule has 1 fully saturated rings. The van der Waals surface area contributed by atoms with Gasteiger partial charge in [-0.05, 0) is 32.2 Å². The standard InChI is InChI=1S/C16H34N2O2/c1-5-14(2)16-13-18(15(3)12-17-16)8-6-7-9-20-11-10-19-4/h14-17H,5-13H2,1-4H3. The van der Waals surface area contributed by atoms with E-state index in [1.54, 1.807) is 7.11 Å². The van der Waals surface area contributed by atoms with Crippen LogP contribution in [0.4, 0.5) is 0 Å². The fourth-order valence-electron chi connectivity index (χ4n) is 2.69. The van der Waals surface area contributed by atoms with Gasteiger partial charge in [-0.2, -0.15) is 0 Å². The van der Waals surface area contributed by atoms with Crippen molar-refractivity contribution < 1.29 is 9.47 Å². The van der Waals surface area contributed by atoms with Gasteiger partial charge < -0.3 is 14.8 Å². The van der Waals surface area contributed by atoms with Gasteiger partial charge in [0.2, 0.25) is 0 Å². The van der Waals surface area contributed by atoms with E-state index >= 15 is 0 Å². The third-order valence-electron chi connectivity index (χ3n) is 4.48. The van der Waals surface area contributed by atoms with Crippen LogP contribution < -0.4 is 5.32 Å². The minimum absolute atomic E-state index is 0.657. The Bertz CT molecular complexity index is 239. The van der Waals surface area contributed by atoms with Gasteiger partial charge in [-0.1, -0.05) is 20.3 Å². The topological polar surface area (TPSA) is 33.7 Å². The van der Waals surface area contributed by atoms with Crippen LogP contribution in [0.2, 0.25) is 0 Å². The highest BCUT2D eigenvalue weighted by Crippen LogP contribution is 2.15. The van der Waals surface area contributed by atoms with Crippen LogP contribution in [0.15, 0.2) is 0 Å². The molecule has 1 rings (SSSR count). The first-order valence-electron chi connectivity index (χ1n) is 8.23. The second-order valence-electron chi connectivity index (χ2n) is 6.06. The van der Waals surface area contributed by atoms with Gasteiger partial charge >= 0.3 is 0 Å². The first kappa shape index (κ1) is 17.9. The molecule has 0 amide bonds. The first-order chi connectivity index (χ1) is 9.69. The van der Waals surface area contributed by atoms with Crippen LogP contribution in [0.3, 0.4) is 0 Å². The summed E-state index contributed by atoms with van der Waals surface area (Å²) in [5.41, 5.74) is 0. The molecule has 1 aliphatic rings. The molecule has 0 aromatic carbocycles. The highest BCUT2D eigenvalue weighted by atomic mass is 16.5. The zero-order valence-electron chi connectivity index (χ0n) is 13.9. The van der Waals surface area contributed by atoms with Crippen molar-refractivity contribution in [3.05, 3.63) is 0 Å². The van der Waals surface area contributed by atoms with Gasteiger partial charge in [0.05, 0.1) is 13.2 Å². The predicted molar refractivity (Wildman–Crippen MR) is 84.2 cm³/mol. The first-order valence-corrected chi connectivity index (χ1v) is 8.23. The monoisotopic (exact) mass is 286 g/mol. The Balaban J connectivity index is 2.14. The van der Waals surface area contributed by atoms with Crippen molar-refractivity contribution in [1.82, 2.24) is 10.2 Å². The molecule has 20 heavy (non-hydrogen) atoms. The van der Waals surface area contributed by atoms with E-state index in [0.29, 0.717) is 18.7 Å². The van der Waals surface area contributed by atoms with Crippen molar-refractivity contribution in [2.75, 3.05) is 46.6 Å². The van der Waals surface area contributed by atoms with E-state index in [4.69, 9.17) is 9.47 Å². The van der Waals surface area contributed by atoms with Gasteiger partial charge in [0, 0.05) is 38.9 Å². The maximum atomic E-state index is 5.51. The Morgan fingerprint density at radius 2 is 2.05 bits per heavy atom. The molecule has 0 radical (unpaired) electrons. The van der Waals surface area contributed by atoms with Crippen LogP contribution in [0.5, 0.6) is 0 Å². The van der Waals surface area contributed by atoms with Crippen LogP contribution in [0.1, 0.15) is 40.0 Å². The van der Waals surface area contributed by atoms with Crippen LogP contribution in [-0.2, 0) is 9.47 Å². The lowest BCUT2D eigenvalue weighted by Crippen LogP contribution is -2.57. The average molecular weight is 286 g/mol. The second kappa shape index (κ2) is 10.6. The van der Waals surface area contributed by atoms with Gasteiger partial charge in [-0.15, -0.1) is 0 Å². The van der Waals surface area contributed by atoms with E-state index in [1.807, 2.05) is 0 Å². The van der Waals surface area contributed by atoms with E-state index in [0.717, 1.165) is 32.1 Å². The molecular weight excluding hydrogens is 252 g/mol. The summed E-state index contributed by atoms with van der Waals surface area (Å²) < 4.78 is 10.5. The summed E-state index contributed by atoms with van der Waals surface area (Å²) >= 11 is 0. The minimum Gasteiger partial charge on any atom is -0.382 e. The summed E-state index contributed by atoms with van der Waals surface area (Å²) in [5.74, 6) is 0.766. The molecular formula is C16H34N2O2. The molecule has 3 atom stereocenters. The molecule has 1 N–H and O–H groups in total. The van der Waals surface area contributed by atoms with Crippen molar-refractivity contribution >= 4 is 0 Å². The number of nitrogens with zero attached hydrogens (tertiary/aromatic N) is 1. The maximum Gasteiger partial charge on any atom is 0.0700 e. The average Bonchev–Trinajstić information content (AvgIpc) is 2.47. The van der Waals surface area contributed by atoms with E-state index in [1.165, 1.54) is 25.9 Å². The van der Waals surface area contributed by atoms with Gasteiger partial charge in [-0.3, -0.25) is 4.90 Å². The van der Waals surface area contributed by atoms with E-state index in [9.17, 15) is 0 Å². The highest BCUT2D eigenvalue weighted by Gasteiger charge is 2.26. The third-order valence-corrected chi connectivity index (χ3v) is 4.48. The Morgan fingerprint density at radius 1 is 1.25 bits per heavy atom. The number of methoxy groups -OCH3 is 1. The van der Waals surface area contributed by atoms with Crippen LogP contribution in [0, 0.1) is 5.92 Å². The fourth-order valence-corrected chi connectivity index (χ4v) is 2.69. The highest BCUT2D eigenvalue weighted by molar-refractivity contribution is 4.86. The summed E-state index contributed by atoms with van der Waals surface area (Å²) in [6, 6.07) is 1.32. The number of unbranched alkanes of at least 4 members (excludes halogenated alkanes) is 1. The lowest BCUT2D eigenvalue weighted by Gasteiger charge is -2.41. The lowest BCUT2D eigenvalue weighted by atomic mass is 9.95. The number of hydrogen-bond donors (Lipinski definition) is 1. The molecule has 0 aromatic rings. The normalized spacial score (nSPS) is 25.8. The molecule has 4 nitrogen and oxygen atoms in total. The maximum absolute atomic E-state index is 5.51. The molecule has 0 aliphatic carbocycles. The zero-order valence-corrected chi connectivity index (χ0v) is 13.9. The molecule has 0 aromatic heterocycles. The molecule has 1 heterocycles. The largest absolute Gasteiger partial charge is 0.382 e. The summed E-state index contributed by atoms with van der Waals surface area (Å²) in [7, 11) is 1.71. The predicted octanol–water partition coefficient (Wildman–Crippen LogP) is 2.14. The second-order valence-corrected chi connectivity index (χ2v) is 6.06. The van der Waals surface area contributed by atoms with Crippen LogP contribution in [0.25, 0.3) is 0 Å². The van der Waals surface area contributed by atoms with Crippen LogP contribution in [-0.4, -0.2) is 63.5 Å². The molecule has 1 aliphatic heterocycles. The van der Waals surface area contributed by atoms with Crippen molar-refractivity contribution in [3.63, 3.8) is 0 Å². The molecule has 1 saturated heterocycles. The van der Waals surface area contributed by atoms with Gasteiger partial charge in [0.15, 0.2) is 0 Å². The number of rotatable bonds is 10.